The number of carbonyl (C=O) groups excluding carboxylic acids is 1. The van der Waals surface area contributed by atoms with Crippen molar-refractivity contribution in [3.63, 3.8) is 0 Å². The van der Waals surface area contributed by atoms with Gasteiger partial charge in [0, 0.05) is 18.0 Å². The summed E-state index contributed by atoms with van der Waals surface area (Å²) in [4.78, 5) is 20.4. The van der Waals surface area contributed by atoms with Crippen LogP contribution in [0.5, 0.6) is 0 Å². The highest BCUT2D eigenvalue weighted by atomic mass is 16.5. The van der Waals surface area contributed by atoms with Gasteiger partial charge >= 0.3 is 5.97 Å². The van der Waals surface area contributed by atoms with E-state index in [9.17, 15) is 4.79 Å². The number of likely N-dealkylation sites (tertiary alicyclic amines) is 1. The number of aromatic nitrogens is 2. The van der Waals surface area contributed by atoms with Gasteiger partial charge in [-0.1, -0.05) is 66.5 Å². The molecule has 0 radical (unpaired) electrons. The third-order valence-corrected chi connectivity index (χ3v) is 8.18. The van der Waals surface area contributed by atoms with Gasteiger partial charge in [0.1, 0.15) is 6.10 Å². The Hall–Kier alpha value is -2.99. The summed E-state index contributed by atoms with van der Waals surface area (Å²) in [7, 11) is 0. The first kappa shape index (κ1) is 21.5. The fraction of sp³-hybridized carbons (Fsp3) is 0.464. The van der Waals surface area contributed by atoms with Gasteiger partial charge in [-0.25, -0.2) is 0 Å². The predicted molar refractivity (Wildman–Crippen MR) is 128 cm³/mol. The maximum absolute atomic E-state index is 13.4. The molecule has 3 aliphatic rings. The van der Waals surface area contributed by atoms with Crippen molar-refractivity contribution in [3.8, 4) is 11.5 Å². The molecule has 2 aliphatic carbocycles. The Bertz CT molecular complexity index is 1120. The molecule has 2 heterocycles. The van der Waals surface area contributed by atoms with Crippen LogP contribution in [0.1, 0.15) is 49.9 Å². The third-order valence-electron chi connectivity index (χ3n) is 8.18. The molecule has 1 saturated heterocycles. The van der Waals surface area contributed by atoms with Crippen molar-refractivity contribution in [2.24, 2.45) is 11.8 Å². The molecule has 6 nitrogen and oxygen atoms in total. The van der Waals surface area contributed by atoms with Crippen LogP contribution in [0.25, 0.3) is 11.5 Å². The molecule has 3 atom stereocenters. The SMILES string of the molecule is O=C(O[C@H]1CC2CN(Cc3noc(-c4ccccc4)n3)CCC21)C1(c2ccccc2)CCCC1. The standard InChI is InChI=1S/C28H31N3O3/c32-27(28(14-7-8-15-28)22-11-5-2-6-12-22)33-24-17-21-18-31(16-13-23(21)24)19-25-29-26(34-30-25)20-9-3-1-4-10-20/h1-6,9-12,21,23-24H,7-8,13-19H2/t21?,23?,24-/m0/s1. The number of hydrogen-bond donors (Lipinski definition) is 0. The monoisotopic (exact) mass is 457 g/mol. The van der Waals surface area contributed by atoms with Crippen molar-refractivity contribution < 1.29 is 14.1 Å². The number of hydrogen-bond acceptors (Lipinski definition) is 6. The average molecular weight is 458 g/mol. The summed E-state index contributed by atoms with van der Waals surface area (Å²) < 4.78 is 11.7. The van der Waals surface area contributed by atoms with Crippen molar-refractivity contribution in [2.75, 3.05) is 13.1 Å². The van der Waals surface area contributed by atoms with Gasteiger partial charge in [0.2, 0.25) is 0 Å². The molecule has 0 spiro atoms. The molecular weight excluding hydrogens is 426 g/mol. The number of esters is 1. The number of nitrogens with zero attached hydrogens (tertiary/aromatic N) is 3. The van der Waals surface area contributed by atoms with E-state index in [1.807, 2.05) is 48.5 Å². The molecule has 0 amide bonds. The van der Waals surface area contributed by atoms with Crippen molar-refractivity contribution in [3.05, 3.63) is 72.1 Å². The molecule has 176 valence electrons. The Balaban J connectivity index is 1.05. The van der Waals surface area contributed by atoms with Crippen LogP contribution in [-0.2, 0) is 21.5 Å². The molecule has 34 heavy (non-hydrogen) atoms. The van der Waals surface area contributed by atoms with E-state index in [-0.39, 0.29) is 12.1 Å². The minimum absolute atomic E-state index is 0.00215. The second-order valence-electron chi connectivity index (χ2n) is 10.2. The van der Waals surface area contributed by atoms with E-state index in [0.717, 1.165) is 68.6 Å². The van der Waals surface area contributed by atoms with Crippen LogP contribution < -0.4 is 0 Å². The van der Waals surface area contributed by atoms with Gasteiger partial charge in [0.15, 0.2) is 5.82 Å². The van der Waals surface area contributed by atoms with Crippen molar-refractivity contribution in [1.82, 2.24) is 15.0 Å². The zero-order valence-electron chi connectivity index (χ0n) is 19.4. The zero-order chi connectivity index (χ0) is 23.0. The molecule has 2 aromatic carbocycles. The van der Waals surface area contributed by atoms with Crippen LogP contribution >= 0.6 is 0 Å². The van der Waals surface area contributed by atoms with Gasteiger partial charge in [0.25, 0.3) is 5.89 Å². The minimum atomic E-state index is -0.442. The van der Waals surface area contributed by atoms with E-state index >= 15 is 0 Å². The lowest BCUT2D eigenvalue weighted by Crippen LogP contribution is -2.55. The predicted octanol–water partition coefficient (Wildman–Crippen LogP) is 5.00. The Morgan fingerprint density at radius 3 is 2.53 bits per heavy atom. The fourth-order valence-electron chi connectivity index (χ4n) is 6.23. The lowest BCUT2D eigenvalue weighted by atomic mass is 9.67. The summed E-state index contributed by atoms with van der Waals surface area (Å²) in [5, 5.41) is 4.19. The quantitative estimate of drug-likeness (QED) is 0.485. The average Bonchev–Trinajstić information content (AvgIpc) is 3.55. The van der Waals surface area contributed by atoms with E-state index in [0.29, 0.717) is 24.3 Å². The second kappa shape index (κ2) is 8.99. The number of carbonyl (C=O) groups is 1. The van der Waals surface area contributed by atoms with E-state index < -0.39 is 5.41 Å². The lowest BCUT2D eigenvalue weighted by Gasteiger charge is -2.50. The Morgan fingerprint density at radius 1 is 1.06 bits per heavy atom. The van der Waals surface area contributed by atoms with Gasteiger partial charge in [-0.2, -0.15) is 4.98 Å². The van der Waals surface area contributed by atoms with Crippen molar-refractivity contribution >= 4 is 5.97 Å². The smallest absolute Gasteiger partial charge is 0.316 e. The summed E-state index contributed by atoms with van der Waals surface area (Å²) in [5.41, 5.74) is 1.62. The van der Waals surface area contributed by atoms with E-state index in [2.05, 4.69) is 27.2 Å². The molecule has 6 heteroatoms. The van der Waals surface area contributed by atoms with Gasteiger partial charge in [-0.15, -0.1) is 0 Å². The summed E-state index contributed by atoms with van der Waals surface area (Å²) in [6, 6.07) is 20.1. The maximum Gasteiger partial charge on any atom is 0.316 e. The van der Waals surface area contributed by atoms with Crippen LogP contribution in [0.2, 0.25) is 0 Å². The molecule has 3 fully saturated rings. The van der Waals surface area contributed by atoms with Gasteiger partial charge < -0.3 is 9.26 Å². The molecule has 2 saturated carbocycles. The largest absolute Gasteiger partial charge is 0.461 e. The first-order valence-corrected chi connectivity index (χ1v) is 12.6. The van der Waals surface area contributed by atoms with Crippen LogP contribution in [0.15, 0.2) is 65.2 Å². The molecule has 3 aromatic rings. The van der Waals surface area contributed by atoms with E-state index in [1.54, 1.807) is 0 Å². The van der Waals surface area contributed by atoms with E-state index in [4.69, 9.17) is 9.26 Å². The lowest BCUT2D eigenvalue weighted by molar-refractivity contribution is -0.175. The first-order valence-electron chi connectivity index (χ1n) is 12.6. The minimum Gasteiger partial charge on any atom is -0.461 e. The number of rotatable bonds is 6. The van der Waals surface area contributed by atoms with Crippen LogP contribution in [-0.4, -0.2) is 40.2 Å². The van der Waals surface area contributed by atoms with Gasteiger partial charge in [0.05, 0.1) is 12.0 Å². The number of piperidine rings is 1. The van der Waals surface area contributed by atoms with Crippen LogP contribution in [0.4, 0.5) is 0 Å². The number of benzene rings is 2. The summed E-state index contributed by atoms with van der Waals surface area (Å²) in [5.74, 6) is 2.34. The molecule has 0 bridgehead atoms. The van der Waals surface area contributed by atoms with Crippen molar-refractivity contribution in [2.45, 2.75) is 56.6 Å². The van der Waals surface area contributed by atoms with Crippen LogP contribution in [0.3, 0.4) is 0 Å². The molecular formula is C28H31N3O3. The number of fused-ring (bicyclic) bond motifs is 1. The molecule has 0 N–H and O–H groups in total. The molecule has 1 aromatic heterocycles. The second-order valence-corrected chi connectivity index (χ2v) is 10.2. The zero-order valence-corrected chi connectivity index (χ0v) is 19.4. The normalized spacial score (nSPS) is 25.9. The summed E-state index contributed by atoms with van der Waals surface area (Å²) >= 11 is 0. The van der Waals surface area contributed by atoms with Gasteiger partial charge in [-0.05, 0) is 55.8 Å². The van der Waals surface area contributed by atoms with E-state index in [1.165, 1.54) is 0 Å². The Morgan fingerprint density at radius 2 is 1.79 bits per heavy atom. The summed E-state index contributed by atoms with van der Waals surface area (Å²) in [6.07, 6.45) is 6.06. The third kappa shape index (κ3) is 3.94. The van der Waals surface area contributed by atoms with Gasteiger partial charge in [-0.3, -0.25) is 9.69 Å². The Kier molecular flexibility index (Phi) is 5.69. The highest BCUT2D eigenvalue weighted by Gasteiger charge is 2.50. The van der Waals surface area contributed by atoms with Crippen LogP contribution in [0, 0.1) is 11.8 Å². The maximum atomic E-state index is 13.4. The highest BCUT2D eigenvalue weighted by Crippen LogP contribution is 2.47. The molecule has 6 rings (SSSR count). The number of ether oxygens (including phenoxy) is 1. The van der Waals surface area contributed by atoms with Crippen molar-refractivity contribution in [1.29, 1.82) is 0 Å². The molecule has 2 unspecified atom stereocenters. The Labute approximate surface area is 200 Å². The first-order chi connectivity index (χ1) is 16.7. The fourth-order valence-corrected chi connectivity index (χ4v) is 6.23. The molecule has 1 aliphatic heterocycles. The topological polar surface area (TPSA) is 68.5 Å². The summed E-state index contributed by atoms with van der Waals surface area (Å²) in [6.45, 7) is 2.66. The highest BCUT2D eigenvalue weighted by molar-refractivity contribution is 5.84.